The Bertz CT molecular complexity index is 1140. The third-order valence-electron chi connectivity index (χ3n) is 4.54. The van der Waals surface area contributed by atoms with Crippen LogP contribution in [0.1, 0.15) is 31.7 Å². The molecular formula is C21H20F3N5OS. The molecule has 0 aliphatic heterocycles. The van der Waals surface area contributed by atoms with Crippen LogP contribution < -0.4 is 10.1 Å². The molecule has 3 heterocycles. The monoisotopic (exact) mass is 447 g/mol. The second-order valence-corrected chi connectivity index (χ2v) is 7.74. The molecule has 10 heteroatoms. The summed E-state index contributed by atoms with van der Waals surface area (Å²) in [6.45, 7) is 2.28. The van der Waals surface area contributed by atoms with Gasteiger partial charge in [-0.15, -0.1) is 11.3 Å². The summed E-state index contributed by atoms with van der Waals surface area (Å²) in [7, 11) is 0. The van der Waals surface area contributed by atoms with Crippen molar-refractivity contribution in [3.63, 3.8) is 0 Å². The lowest BCUT2D eigenvalue weighted by Crippen LogP contribution is -2.10. The lowest BCUT2D eigenvalue weighted by molar-refractivity contribution is -0.138. The molecule has 0 saturated carbocycles. The Balaban J connectivity index is 1.52. The molecule has 4 rings (SSSR count). The summed E-state index contributed by atoms with van der Waals surface area (Å²) < 4.78 is 47.8. The minimum Gasteiger partial charge on any atom is -0.493 e. The third-order valence-corrected chi connectivity index (χ3v) is 5.30. The van der Waals surface area contributed by atoms with Gasteiger partial charge < -0.3 is 10.1 Å². The molecule has 0 bridgehead atoms. The number of fused-ring (bicyclic) bond motifs is 1. The Morgan fingerprint density at radius 1 is 1.16 bits per heavy atom. The highest BCUT2D eigenvalue weighted by Gasteiger charge is 2.34. The van der Waals surface area contributed by atoms with Crippen molar-refractivity contribution in [3.05, 3.63) is 53.8 Å². The molecule has 3 aromatic heterocycles. The summed E-state index contributed by atoms with van der Waals surface area (Å²) in [6.07, 6.45) is 3.36. The van der Waals surface area contributed by atoms with Gasteiger partial charge in [-0.25, -0.2) is 15.0 Å². The number of nitrogens with zero attached hydrogens (tertiary/aromatic N) is 4. The Kier molecular flexibility index (Phi) is 6.08. The van der Waals surface area contributed by atoms with Crippen LogP contribution in [-0.4, -0.2) is 26.0 Å². The lowest BCUT2D eigenvalue weighted by atomic mass is 10.1. The first-order chi connectivity index (χ1) is 14.9. The number of halogens is 3. The maximum atomic E-state index is 13.5. The Morgan fingerprint density at radius 3 is 2.81 bits per heavy atom. The Hall–Kier alpha value is -3.14. The minimum absolute atomic E-state index is 0.161. The summed E-state index contributed by atoms with van der Waals surface area (Å²) >= 11 is 1.28. The normalized spacial score (nSPS) is 11.7. The van der Waals surface area contributed by atoms with Crippen molar-refractivity contribution in [1.29, 1.82) is 0 Å². The number of hydrogen-bond acceptors (Lipinski definition) is 6. The van der Waals surface area contributed by atoms with Gasteiger partial charge in [-0.2, -0.15) is 13.2 Å². The number of benzene rings is 1. The topological polar surface area (TPSA) is 64.3 Å². The van der Waals surface area contributed by atoms with E-state index in [-0.39, 0.29) is 18.0 Å². The zero-order valence-corrected chi connectivity index (χ0v) is 17.5. The molecule has 162 valence electrons. The number of anilines is 2. The molecule has 4 aromatic rings. The van der Waals surface area contributed by atoms with E-state index in [0.29, 0.717) is 28.7 Å². The average Bonchev–Trinajstić information content (AvgIpc) is 3.38. The number of aromatic nitrogens is 4. The first-order valence-corrected chi connectivity index (χ1v) is 10.7. The van der Waals surface area contributed by atoms with Crippen molar-refractivity contribution in [2.45, 2.75) is 32.4 Å². The predicted octanol–water partition coefficient (Wildman–Crippen LogP) is 6.18. The van der Waals surface area contributed by atoms with Crippen LogP contribution in [0.4, 0.5) is 24.0 Å². The maximum Gasteiger partial charge on any atom is 0.420 e. The van der Waals surface area contributed by atoms with Gasteiger partial charge in [0.25, 0.3) is 0 Å². The van der Waals surface area contributed by atoms with Crippen LogP contribution in [0.25, 0.3) is 17.2 Å². The third kappa shape index (κ3) is 4.96. The number of ether oxygens (including phenoxy) is 1. The quantitative estimate of drug-likeness (QED) is 0.327. The highest BCUT2D eigenvalue weighted by atomic mass is 32.1. The smallest absolute Gasteiger partial charge is 0.420 e. The number of imidazole rings is 1. The van der Waals surface area contributed by atoms with Crippen LogP contribution in [0.2, 0.25) is 0 Å². The lowest BCUT2D eigenvalue weighted by Gasteiger charge is -2.15. The van der Waals surface area contributed by atoms with Gasteiger partial charge in [0, 0.05) is 29.7 Å². The van der Waals surface area contributed by atoms with Gasteiger partial charge in [0.1, 0.15) is 17.1 Å². The van der Waals surface area contributed by atoms with Gasteiger partial charge in [0.05, 0.1) is 12.2 Å². The van der Waals surface area contributed by atoms with Crippen molar-refractivity contribution in [1.82, 2.24) is 19.4 Å². The van der Waals surface area contributed by atoms with Crippen LogP contribution in [-0.2, 0) is 6.18 Å². The van der Waals surface area contributed by atoms with Gasteiger partial charge in [-0.3, -0.25) is 4.40 Å². The number of unbranched alkanes of at least 4 members (excludes halogenated alkanes) is 2. The van der Waals surface area contributed by atoms with E-state index >= 15 is 0 Å². The van der Waals surface area contributed by atoms with Gasteiger partial charge in [-0.1, -0.05) is 19.8 Å². The van der Waals surface area contributed by atoms with E-state index in [1.165, 1.54) is 17.4 Å². The summed E-state index contributed by atoms with van der Waals surface area (Å²) in [5.41, 5.74) is 0.725. The number of rotatable bonds is 8. The molecule has 31 heavy (non-hydrogen) atoms. The molecule has 0 amide bonds. The van der Waals surface area contributed by atoms with E-state index < -0.39 is 11.7 Å². The van der Waals surface area contributed by atoms with E-state index in [0.717, 1.165) is 18.9 Å². The van der Waals surface area contributed by atoms with Crippen molar-refractivity contribution >= 4 is 27.9 Å². The number of hydrogen-bond donors (Lipinski definition) is 1. The molecule has 0 spiro atoms. The first-order valence-electron chi connectivity index (χ1n) is 9.80. The van der Waals surface area contributed by atoms with E-state index in [9.17, 15) is 13.2 Å². The largest absolute Gasteiger partial charge is 0.493 e. The molecule has 0 aliphatic carbocycles. The molecule has 0 unspecified atom stereocenters. The molecule has 1 N–H and O–H groups in total. The second kappa shape index (κ2) is 8.93. The predicted molar refractivity (Wildman–Crippen MR) is 114 cm³/mol. The molecule has 0 saturated heterocycles. The van der Waals surface area contributed by atoms with Crippen LogP contribution in [0.3, 0.4) is 0 Å². The summed E-state index contributed by atoms with van der Waals surface area (Å²) in [4.78, 5) is 13.0. The van der Waals surface area contributed by atoms with Gasteiger partial charge in [0.2, 0.25) is 5.78 Å². The van der Waals surface area contributed by atoms with Gasteiger partial charge >= 0.3 is 6.18 Å². The molecule has 0 aliphatic rings. The van der Waals surface area contributed by atoms with Crippen LogP contribution >= 0.6 is 11.3 Å². The minimum atomic E-state index is -4.52. The summed E-state index contributed by atoms with van der Waals surface area (Å²) in [5, 5.41) is 5.20. The fourth-order valence-corrected chi connectivity index (χ4v) is 3.74. The van der Waals surface area contributed by atoms with Crippen LogP contribution in [0.15, 0.2) is 48.2 Å². The highest BCUT2D eigenvalue weighted by Crippen LogP contribution is 2.39. The van der Waals surface area contributed by atoms with E-state index in [2.05, 4.69) is 20.3 Å². The van der Waals surface area contributed by atoms with Gasteiger partial charge in [0.15, 0.2) is 5.13 Å². The van der Waals surface area contributed by atoms with Crippen molar-refractivity contribution in [3.8, 4) is 17.1 Å². The van der Waals surface area contributed by atoms with Gasteiger partial charge in [-0.05, 0) is 30.7 Å². The van der Waals surface area contributed by atoms with Crippen molar-refractivity contribution < 1.29 is 17.9 Å². The standard InChI is InChI=1S/C21H20F3N5OS/c1-2-3-4-10-30-18-7-6-14(11-15(18)21(22,23)24)26-20-28-17(13-31-20)16-12-29-9-5-8-25-19(29)27-16/h5-9,11-13H,2-4,10H2,1H3,(H,26,28). The first kappa shape index (κ1) is 21.1. The molecule has 6 nitrogen and oxygen atoms in total. The molecule has 0 atom stereocenters. The molecule has 0 fully saturated rings. The fraction of sp³-hybridized carbons (Fsp3) is 0.286. The average molecular weight is 447 g/mol. The zero-order chi connectivity index (χ0) is 21.8. The Morgan fingerprint density at radius 2 is 2.03 bits per heavy atom. The Labute approximate surface area is 180 Å². The number of alkyl halides is 3. The van der Waals surface area contributed by atoms with Crippen LogP contribution in [0.5, 0.6) is 5.75 Å². The molecular weight excluding hydrogens is 427 g/mol. The fourth-order valence-electron chi connectivity index (χ4n) is 3.01. The summed E-state index contributed by atoms with van der Waals surface area (Å²) in [5.74, 6) is 0.385. The molecule has 0 radical (unpaired) electrons. The highest BCUT2D eigenvalue weighted by molar-refractivity contribution is 7.14. The number of nitrogens with one attached hydrogen (secondary N) is 1. The summed E-state index contributed by atoms with van der Waals surface area (Å²) in [6, 6.07) is 5.74. The maximum absolute atomic E-state index is 13.5. The van der Waals surface area contributed by atoms with E-state index in [4.69, 9.17) is 4.74 Å². The second-order valence-electron chi connectivity index (χ2n) is 6.88. The molecule has 1 aromatic carbocycles. The number of thiazole rings is 1. The van der Waals surface area contributed by atoms with Crippen molar-refractivity contribution in [2.75, 3.05) is 11.9 Å². The van der Waals surface area contributed by atoms with E-state index in [1.807, 2.05) is 13.1 Å². The zero-order valence-electron chi connectivity index (χ0n) is 16.7. The SMILES string of the molecule is CCCCCOc1ccc(Nc2nc(-c3cn4cccnc4n3)cs2)cc1C(F)(F)F. The van der Waals surface area contributed by atoms with E-state index in [1.54, 1.807) is 34.3 Å². The van der Waals surface area contributed by atoms with Crippen molar-refractivity contribution in [2.24, 2.45) is 0 Å². The van der Waals surface area contributed by atoms with Crippen LogP contribution in [0, 0.1) is 0 Å².